The molecule has 1 aliphatic carbocycles. The predicted octanol–water partition coefficient (Wildman–Crippen LogP) is 3.88. The SMILES string of the molecule is FC(F)(F)c1ccc(C2(c3nnc4c(Cl)nccn34)CC2)cc1. The molecule has 0 bridgehead atoms. The Morgan fingerprint density at radius 1 is 1.09 bits per heavy atom. The normalized spacial score (nSPS) is 16.7. The smallest absolute Gasteiger partial charge is 0.282 e. The highest BCUT2D eigenvalue weighted by molar-refractivity contribution is 6.32. The highest BCUT2D eigenvalue weighted by Crippen LogP contribution is 2.53. The highest BCUT2D eigenvalue weighted by atomic mass is 35.5. The van der Waals surface area contributed by atoms with Crippen LogP contribution in [0.4, 0.5) is 13.2 Å². The van der Waals surface area contributed by atoms with Gasteiger partial charge in [-0.25, -0.2) is 4.98 Å². The summed E-state index contributed by atoms with van der Waals surface area (Å²) in [5.74, 6) is 0.677. The minimum atomic E-state index is -4.34. The largest absolute Gasteiger partial charge is 0.416 e. The van der Waals surface area contributed by atoms with Crippen molar-refractivity contribution >= 4 is 17.2 Å². The van der Waals surface area contributed by atoms with Gasteiger partial charge in [0.05, 0.1) is 11.0 Å². The fourth-order valence-electron chi connectivity index (χ4n) is 2.87. The molecule has 0 aliphatic heterocycles. The number of fused-ring (bicyclic) bond motifs is 1. The molecule has 0 saturated heterocycles. The molecular formula is C15H10ClF3N4. The third-order valence-corrected chi connectivity index (χ3v) is 4.49. The van der Waals surface area contributed by atoms with Crippen LogP contribution < -0.4 is 0 Å². The van der Waals surface area contributed by atoms with Crippen molar-refractivity contribution < 1.29 is 13.2 Å². The maximum atomic E-state index is 12.7. The number of hydrogen-bond acceptors (Lipinski definition) is 3. The van der Waals surface area contributed by atoms with E-state index in [1.165, 1.54) is 12.1 Å². The summed E-state index contributed by atoms with van der Waals surface area (Å²) in [5.41, 5.74) is 0.180. The van der Waals surface area contributed by atoms with Crippen LogP contribution in [0.1, 0.15) is 29.8 Å². The minimum Gasteiger partial charge on any atom is -0.282 e. The molecule has 0 radical (unpaired) electrons. The van der Waals surface area contributed by atoms with E-state index >= 15 is 0 Å². The van der Waals surface area contributed by atoms with E-state index in [4.69, 9.17) is 11.6 Å². The van der Waals surface area contributed by atoms with Crippen molar-refractivity contribution in [3.05, 3.63) is 58.8 Å². The quantitative estimate of drug-likeness (QED) is 0.712. The summed E-state index contributed by atoms with van der Waals surface area (Å²) in [6, 6.07) is 5.24. The van der Waals surface area contributed by atoms with Crippen LogP contribution in [-0.2, 0) is 11.6 Å². The maximum absolute atomic E-state index is 12.7. The van der Waals surface area contributed by atoms with Crippen molar-refractivity contribution in [3.8, 4) is 0 Å². The number of nitrogens with zero attached hydrogens (tertiary/aromatic N) is 4. The first-order valence-corrected chi connectivity index (χ1v) is 7.33. The van der Waals surface area contributed by atoms with Crippen molar-refractivity contribution in [2.75, 3.05) is 0 Å². The second-order valence-corrected chi connectivity index (χ2v) is 5.95. The topological polar surface area (TPSA) is 43.1 Å². The first kappa shape index (κ1) is 14.4. The molecule has 0 unspecified atom stereocenters. The number of aromatic nitrogens is 4. The molecule has 0 atom stereocenters. The predicted molar refractivity (Wildman–Crippen MR) is 77.3 cm³/mol. The highest BCUT2D eigenvalue weighted by Gasteiger charge is 2.50. The molecule has 118 valence electrons. The summed E-state index contributed by atoms with van der Waals surface area (Å²) in [6.45, 7) is 0. The van der Waals surface area contributed by atoms with Crippen LogP contribution in [0.25, 0.3) is 5.65 Å². The Labute approximate surface area is 133 Å². The van der Waals surface area contributed by atoms with E-state index in [1.54, 1.807) is 16.8 Å². The van der Waals surface area contributed by atoms with E-state index in [9.17, 15) is 13.2 Å². The van der Waals surface area contributed by atoms with Gasteiger partial charge in [-0.05, 0) is 30.5 Å². The lowest BCUT2D eigenvalue weighted by molar-refractivity contribution is -0.137. The Kier molecular flexibility index (Phi) is 2.93. The fraction of sp³-hybridized carbons (Fsp3) is 0.267. The molecule has 0 N–H and O–H groups in total. The number of rotatable bonds is 2. The molecule has 2 aromatic heterocycles. The Morgan fingerprint density at radius 2 is 1.78 bits per heavy atom. The fourth-order valence-corrected chi connectivity index (χ4v) is 3.05. The summed E-state index contributed by atoms with van der Waals surface area (Å²) in [7, 11) is 0. The van der Waals surface area contributed by atoms with E-state index < -0.39 is 17.2 Å². The third-order valence-electron chi connectivity index (χ3n) is 4.23. The standard InChI is InChI=1S/C15H10ClF3N4/c16-11-12-21-22-13(23(12)8-7-20-11)14(5-6-14)9-1-3-10(4-2-9)15(17,18)19/h1-4,7-8H,5-6H2. The summed E-state index contributed by atoms with van der Waals surface area (Å²) < 4.78 is 39.9. The van der Waals surface area contributed by atoms with Gasteiger partial charge in [0.15, 0.2) is 10.8 Å². The zero-order valence-electron chi connectivity index (χ0n) is 11.7. The second kappa shape index (κ2) is 4.67. The van der Waals surface area contributed by atoms with Gasteiger partial charge in [0, 0.05) is 12.4 Å². The molecular weight excluding hydrogens is 329 g/mol. The van der Waals surface area contributed by atoms with Crippen LogP contribution in [0, 0.1) is 0 Å². The molecule has 1 saturated carbocycles. The summed E-state index contributed by atoms with van der Waals surface area (Å²) in [6.07, 6.45) is 0.528. The van der Waals surface area contributed by atoms with Crippen molar-refractivity contribution in [1.29, 1.82) is 0 Å². The van der Waals surface area contributed by atoms with Crippen LogP contribution in [-0.4, -0.2) is 19.6 Å². The van der Waals surface area contributed by atoms with Crippen LogP contribution in [0.2, 0.25) is 5.15 Å². The number of hydrogen-bond donors (Lipinski definition) is 0. The van der Waals surface area contributed by atoms with E-state index in [0.29, 0.717) is 11.5 Å². The van der Waals surface area contributed by atoms with Gasteiger partial charge in [-0.2, -0.15) is 13.2 Å². The van der Waals surface area contributed by atoms with Gasteiger partial charge in [0.1, 0.15) is 5.82 Å². The molecule has 4 rings (SSSR count). The van der Waals surface area contributed by atoms with Crippen molar-refractivity contribution in [2.45, 2.75) is 24.4 Å². The first-order valence-electron chi connectivity index (χ1n) is 6.95. The van der Waals surface area contributed by atoms with Gasteiger partial charge in [0.2, 0.25) is 0 Å². The van der Waals surface area contributed by atoms with Gasteiger partial charge in [0.25, 0.3) is 0 Å². The second-order valence-electron chi connectivity index (χ2n) is 5.59. The number of halogens is 4. The van der Waals surface area contributed by atoms with Gasteiger partial charge in [-0.15, -0.1) is 10.2 Å². The van der Waals surface area contributed by atoms with Gasteiger partial charge < -0.3 is 0 Å². The molecule has 3 aromatic rings. The Hall–Kier alpha value is -2.15. The lowest BCUT2D eigenvalue weighted by Crippen LogP contribution is -2.14. The molecule has 2 heterocycles. The molecule has 0 amide bonds. The zero-order chi connectivity index (χ0) is 16.2. The van der Waals surface area contributed by atoms with Crippen LogP contribution in [0.15, 0.2) is 36.7 Å². The number of benzene rings is 1. The molecule has 1 aromatic carbocycles. The Bertz CT molecular complexity index is 882. The average Bonchev–Trinajstić information content (AvgIpc) is 3.20. The minimum absolute atomic E-state index is 0.245. The molecule has 1 fully saturated rings. The molecule has 8 heteroatoms. The van der Waals surface area contributed by atoms with E-state index in [0.717, 1.165) is 30.5 Å². The van der Waals surface area contributed by atoms with Crippen molar-refractivity contribution in [2.24, 2.45) is 0 Å². The van der Waals surface area contributed by atoms with Gasteiger partial charge in [-0.1, -0.05) is 23.7 Å². The van der Waals surface area contributed by atoms with Gasteiger partial charge in [-0.3, -0.25) is 4.40 Å². The summed E-state index contributed by atoms with van der Waals surface area (Å²) in [4.78, 5) is 3.95. The zero-order valence-corrected chi connectivity index (χ0v) is 12.4. The van der Waals surface area contributed by atoms with Crippen LogP contribution in [0.5, 0.6) is 0 Å². The van der Waals surface area contributed by atoms with Crippen molar-refractivity contribution in [1.82, 2.24) is 19.6 Å². The van der Waals surface area contributed by atoms with E-state index in [2.05, 4.69) is 15.2 Å². The molecule has 0 spiro atoms. The van der Waals surface area contributed by atoms with E-state index in [1.807, 2.05) is 0 Å². The average molecular weight is 339 g/mol. The first-order chi connectivity index (χ1) is 10.9. The number of alkyl halides is 3. The van der Waals surface area contributed by atoms with Crippen LogP contribution in [0.3, 0.4) is 0 Å². The van der Waals surface area contributed by atoms with Crippen molar-refractivity contribution in [3.63, 3.8) is 0 Å². The molecule has 1 aliphatic rings. The Balaban J connectivity index is 1.80. The van der Waals surface area contributed by atoms with Gasteiger partial charge >= 0.3 is 6.18 Å². The van der Waals surface area contributed by atoms with Crippen LogP contribution >= 0.6 is 11.6 Å². The van der Waals surface area contributed by atoms with E-state index in [-0.39, 0.29) is 5.15 Å². The molecule has 23 heavy (non-hydrogen) atoms. The molecule has 4 nitrogen and oxygen atoms in total. The Morgan fingerprint density at radius 3 is 2.39 bits per heavy atom. The maximum Gasteiger partial charge on any atom is 0.416 e. The summed E-state index contributed by atoms with van der Waals surface area (Å²) in [5, 5.41) is 8.49. The lowest BCUT2D eigenvalue weighted by atomic mass is 9.94. The summed E-state index contributed by atoms with van der Waals surface area (Å²) >= 11 is 6.00. The lowest BCUT2D eigenvalue weighted by Gasteiger charge is -2.15. The third kappa shape index (κ3) is 2.18. The monoisotopic (exact) mass is 338 g/mol.